The number of carbonyl (C=O) groups is 1. The Morgan fingerprint density at radius 3 is 2.76 bits per heavy atom. The summed E-state index contributed by atoms with van der Waals surface area (Å²) in [5.41, 5.74) is 4.05. The van der Waals surface area contributed by atoms with Crippen LogP contribution in [0, 0.1) is 13.8 Å². The lowest BCUT2D eigenvalue weighted by Crippen LogP contribution is -2.49. The molecule has 2 N–H and O–H groups in total. The molecule has 4 rings (SSSR count). The first kappa shape index (κ1) is 16.6. The Morgan fingerprint density at radius 2 is 2.00 bits per heavy atom. The molecule has 0 aliphatic carbocycles. The molecular formula is C19H25N3O3. The molecule has 134 valence electrons. The highest BCUT2D eigenvalue weighted by Crippen LogP contribution is 2.25. The van der Waals surface area contributed by atoms with E-state index in [0.29, 0.717) is 31.9 Å². The number of aliphatic hydroxyl groups is 1. The van der Waals surface area contributed by atoms with E-state index >= 15 is 0 Å². The summed E-state index contributed by atoms with van der Waals surface area (Å²) in [5.74, 6) is -0.00466. The van der Waals surface area contributed by atoms with Gasteiger partial charge >= 0.3 is 0 Å². The van der Waals surface area contributed by atoms with Crippen LogP contribution in [0.3, 0.4) is 0 Å². The molecule has 0 radical (unpaired) electrons. The number of ether oxygens (including phenoxy) is 1. The monoisotopic (exact) mass is 343 g/mol. The van der Waals surface area contributed by atoms with Crippen LogP contribution in [0.1, 0.15) is 21.6 Å². The molecule has 6 heteroatoms. The molecule has 25 heavy (non-hydrogen) atoms. The SMILES string of the molecule is Cc1[nH]c2ccc(C(=O)N3C[C@@H](O)[C@H](N4CCOCC4)C3)cc2c1C. The number of nitrogens with zero attached hydrogens (tertiary/aromatic N) is 2. The third kappa shape index (κ3) is 2.94. The van der Waals surface area contributed by atoms with Crippen LogP contribution in [-0.4, -0.2) is 77.3 Å². The fraction of sp³-hybridized carbons (Fsp3) is 0.526. The highest BCUT2D eigenvalue weighted by Gasteiger charge is 2.38. The fourth-order valence-corrected chi connectivity index (χ4v) is 3.98. The van der Waals surface area contributed by atoms with Crippen LogP contribution in [0.25, 0.3) is 10.9 Å². The number of benzene rings is 1. The standard InChI is InChI=1S/C19H25N3O3/c1-12-13(2)20-16-4-3-14(9-15(12)16)19(24)22-10-17(18(23)11-22)21-5-7-25-8-6-21/h3-4,9,17-18,20,23H,5-8,10-11H2,1-2H3/t17-,18-/m1/s1. The van der Waals surface area contributed by atoms with Crippen molar-refractivity contribution >= 4 is 16.8 Å². The molecule has 2 fully saturated rings. The van der Waals surface area contributed by atoms with Crippen molar-refractivity contribution in [3.63, 3.8) is 0 Å². The number of aromatic amines is 1. The van der Waals surface area contributed by atoms with Crippen LogP contribution < -0.4 is 0 Å². The van der Waals surface area contributed by atoms with E-state index in [9.17, 15) is 9.90 Å². The predicted molar refractivity (Wildman–Crippen MR) is 95.9 cm³/mol. The summed E-state index contributed by atoms with van der Waals surface area (Å²) in [6.07, 6.45) is -0.498. The summed E-state index contributed by atoms with van der Waals surface area (Å²) in [5, 5.41) is 11.5. The number of fused-ring (bicyclic) bond motifs is 1. The summed E-state index contributed by atoms with van der Waals surface area (Å²) in [4.78, 5) is 20.3. The van der Waals surface area contributed by atoms with E-state index < -0.39 is 6.10 Å². The second kappa shape index (κ2) is 6.44. The van der Waals surface area contributed by atoms with Gasteiger partial charge in [-0.05, 0) is 37.6 Å². The van der Waals surface area contributed by atoms with Gasteiger partial charge < -0.3 is 19.7 Å². The molecule has 1 aromatic carbocycles. The second-order valence-corrected chi connectivity index (χ2v) is 7.13. The third-order valence-electron chi connectivity index (χ3n) is 5.62. The molecule has 0 saturated carbocycles. The van der Waals surface area contributed by atoms with E-state index in [2.05, 4.69) is 16.8 Å². The number of hydrogen-bond acceptors (Lipinski definition) is 4. The minimum Gasteiger partial charge on any atom is -0.390 e. The predicted octanol–water partition coefficient (Wildman–Crippen LogP) is 1.30. The summed E-state index contributed by atoms with van der Waals surface area (Å²) >= 11 is 0. The molecule has 0 spiro atoms. The lowest BCUT2D eigenvalue weighted by Gasteiger charge is -2.33. The van der Waals surface area contributed by atoms with Crippen molar-refractivity contribution < 1.29 is 14.6 Å². The fourth-order valence-electron chi connectivity index (χ4n) is 3.98. The van der Waals surface area contributed by atoms with E-state index in [1.165, 1.54) is 5.56 Å². The lowest BCUT2D eigenvalue weighted by molar-refractivity contribution is -0.00611. The van der Waals surface area contributed by atoms with E-state index in [1.807, 2.05) is 25.1 Å². The number of likely N-dealkylation sites (tertiary alicyclic amines) is 1. The number of aryl methyl sites for hydroxylation is 2. The summed E-state index contributed by atoms with van der Waals surface area (Å²) in [6, 6.07) is 5.81. The van der Waals surface area contributed by atoms with Crippen molar-refractivity contribution in [2.75, 3.05) is 39.4 Å². The minimum absolute atomic E-state index is 0.00466. The largest absolute Gasteiger partial charge is 0.390 e. The van der Waals surface area contributed by atoms with Gasteiger partial charge in [-0.15, -0.1) is 0 Å². The molecular weight excluding hydrogens is 318 g/mol. The van der Waals surface area contributed by atoms with E-state index in [4.69, 9.17) is 4.74 Å². The Labute approximate surface area is 147 Å². The molecule has 2 saturated heterocycles. The normalized spacial score (nSPS) is 25.0. The van der Waals surface area contributed by atoms with E-state index in [1.54, 1.807) is 4.90 Å². The zero-order chi connectivity index (χ0) is 17.6. The molecule has 2 aliphatic rings. The summed E-state index contributed by atoms with van der Waals surface area (Å²) in [6.45, 7) is 8.10. The zero-order valence-corrected chi connectivity index (χ0v) is 14.8. The topological polar surface area (TPSA) is 68.8 Å². The van der Waals surface area contributed by atoms with Gasteiger partial charge in [0.05, 0.1) is 25.4 Å². The van der Waals surface area contributed by atoms with Gasteiger partial charge in [0.2, 0.25) is 0 Å². The zero-order valence-electron chi connectivity index (χ0n) is 14.8. The van der Waals surface area contributed by atoms with Gasteiger partial charge in [0.15, 0.2) is 0 Å². The number of amides is 1. The lowest BCUT2D eigenvalue weighted by atomic mass is 10.1. The van der Waals surface area contributed by atoms with Crippen molar-refractivity contribution in [3.05, 3.63) is 35.0 Å². The van der Waals surface area contributed by atoms with Gasteiger partial charge in [-0.1, -0.05) is 0 Å². The number of aliphatic hydroxyl groups excluding tert-OH is 1. The van der Waals surface area contributed by atoms with Crippen molar-refractivity contribution in [1.29, 1.82) is 0 Å². The Hall–Kier alpha value is -1.89. The van der Waals surface area contributed by atoms with Gasteiger partial charge in [-0.2, -0.15) is 0 Å². The molecule has 1 aromatic heterocycles. The molecule has 6 nitrogen and oxygen atoms in total. The summed E-state index contributed by atoms with van der Waals surface area (Å²) < 4.78 is 5.39. The number of β-amino-alcohol motifs (C(OH)–C–C–N with tert-alkyl or cyclic N) is 1. The van der Waals surface area contributed by atoms with Crippen LogP contribution in [0.15, 0.2) is 18.2 Å². The molecule has 2 aromatic rings. The number of carbonyl (C=O) groups excluding carboxylic acids is 1. The number of aromatic nitrogens is 1. The molecule has 1 amide bonds. The molecule has 3 heterocycles. The molecule has 2 aliphatic heterocycles. The van der Waals surface area contributed by atoms with E-state index in [0.717, 1.165) is 29.7 Å². The van der Waals surface area contributed by atoms with Gasteiger partial charge in [-0.25, -0.2) is 0 Å². The number of hydrogen-bond donors (Lipinski definition) is 2. The van der Waals surface area contributed by atoms with Gasteiger partial charge in [0, 0.05) is 48.3 Å². The van der Waals surface area contributed by atoms with Crippen molar-refractivity contribution in [3.8, 4) is 0 Å². The first-order chi connectivity index (χ1) is 12.0. The number of morpholine rings is 1. The van der Waals surface area contributed by atoms with Crippen LogP contribution in [0.4, 0.5) is 0 Å². The maximum absolute atomic E-state index is 12.9. The molecule has 0 unspecified atom stereocenters. The third-order valence-corrected chi connectivity index (χ3v) is 5.62. The Bertz CT molecular complexity index is 795. The van der Waals surface area contributed by atoms with Gasteiger partial charge in [-0.3, -0.25) is 9.69 Å². The van der Waals surface area contributed by atoms with Crippen molar-refractivity contribution in [2.24, 2.45) is 0 Å². The van der Waals surface area contributed by atoms with Crippen LogP contribution >= 0.6 is 0 Å². The van der Waals surface area contributed by atoms with Gasteiger partial charge in [0.25, 0.3) is 5.91 Å². The maximum Gasteiger partial charge on any atom is 0.254 e. The summed E-state index contributed by atoms with van der Waals surface area (Å²) in [7, 11) is 0. The van der Waals surface area contributed by atoms with Crippen LogP contribution in [-0.2, 0) is 4.74 Å². The van der Waals surface area contributed by atoms with Crippen molar-refractivity contribution in [2.45, 2.75) is 26.0 Å². The molecule has 0 bridgehead atoms. The minimum atomic E-state index is -0.498. The second-order valence-electron chi connectivity index (χ2n) is 7.13. The van der Waals surface area contributed by atoms with Crippen LogP contribution in [0.2, 0.25) is 0 Å². The quantitative estimate of drug-likeness (QED) is 0.862. The number of nitrogens with one attached hydrogen (secondary N) is 1. The maximum atomic E-state index is 12.9. The molecule has 2 atom stereocenters. The smallest absolute Gasteiger partial charge is 0.254 e. The van der Waals surface area contributed by atoms with Gasteiger partial charge in [0.1, 0.15) is 0 Å². The average Bonchev–Trinajstić information content (AvgIpc) is 3.15. The number of rotatable bonds is 2. The average molecular weight is 343 g/mol. The Balaban J connectivity index is 1.54. The highest BCUT2D eigenvalue weighted by atomic mass is 16.5. The number of H-pyrrole nitrogens is 1. The van der Waals surface area contributed by atoms with Crippen LogP contribution in [0.5, 0.6) is 0 Å². The van der Waals surface area contributed by atoms with E-state index in [-0.39, 0.29) is 11.9 Å². The highest BCUT2D eigenvalue weighted by molar-refractivity contribution is 5.99. The Morgan fingerprint density at radius 1 is 1.24 bits per heavy atom. The first-order valence-corrected chi connectivity index (χ1v) is 8.92. The first-order valence-electron chi connectivity index (χ1n) is 8.92. The van der Waals surface area contributed by atoms with Crippen molar-refractivity contribution in [1.82, 2.24) is 14.8 Å². The Kier molecular flexibility index (Phi) is 4.27.